The third kappa shape index (κ3) is 17.5. The molecule has 0 radical (unpaired) electrons. The lowest BCUT2D eigenvalue weighted by atomic mass is 10.0. The minimum atomic E-state index is -1.07. The zero-order valence-electron chi connectivity index (χ0n) is 36.5. The van der Waals surface area contributed by atoms with E-state index in [2.05, 4.69) is 37.2 Å². The number of carbonyl (C=O) groups is 8. The second kappa shape index (κ2) is 25.9. The Bertz CT molecular complexity index is 1730. The summed E-state index contributed by atoms with van der Waals surface area (Å²) >= 11 is 1.86. The molecule has 3 aliphatic rings. The summed E-state index contributed by atoms with van der Waals surface area (Å²) < 4.78 is 10.1. The van der Waals surface area contributed by atoms with Crippen molar-refractivity contribution in [1.29, 1.82) is 0 Å². The second-order valence-electron chi connectivity index (χ2n) is 16.7. The first kappa shape index (κ1) is 50.5. The number of epoxide rings is 1. The van der Waals surface area contributed by atoms with Gasteiger partial charge in [0, 0.05) is 43.4 Å². The topological polar surface area (TPSA) is 289 Å². The van der Waals surface area contributed by atoms with Crippen LogP contribution in [-0.4, -0.2) is 126 Å². The summed E-state index contributed by atoms with van der Waals surface area (Å²) in [6.07, 6.45) is 4.53. The number of phenols is 1. The smallest absolute Gasteiger partial charge is 0.338 e. The monoisotopic (exact) mass is 902 g/mol. The Morgan fingerprint density at radius 2 is 1.52 bits per heavy atom. The van der Waals surface area contributed by atoms with E-state index in [-0.39, 0.29) is 74.0 Å². The fraction of sp³-hybridized carbons (Fsp3) is 0.674. The zero-order chi connectivity index (χ0) is 45.9. The van der Waals surface area contributed by atoms with Gasteiger partial charge in [0.2, 0.25) is 29.5 Å². The first-order valence-electron chi connectivity index (χ1n) is 22.2. The maximum Gasteiger partial charge on any atom is 0.338 e. The number of rotatable bonds is 29. The summed E-state index contributed by atoms with van der Waals surface area (Å²) in [5, 5.41) is 29.9. The Balaban J connectivity index is 1.12. The number of urea groups is 1. The number of amides is 8. The molecule has 0 spiro atoms. The van der Waals surface area contributed by atoms with Gasteiger partial charge in [0.15, 0.2) is 12.2 Å². The molecule has 20 heteroatoms. The summed E-state index contributed by atoms with van der Waals surface area (Å²) in [6.45, 7) is 6.22. The minimum absolute atomic E-state index is 0.0131. The van der Waals surface area contributed by atoms with Crippen molar-refractivity contribution in [3.05, 3.63) is 29.8 Å². The number of hydrogen-bond acceptors (Lipinski definition) is 12. The van der Waals surface area contributed by atoms with Crippen LogP contribution >= 0.6 is 11.8 Å². The van der Waals surface area contributed by atoms with Crippen molar-refractivity contribution in [3.63, 3.8) is 0 Å². The lowest BCUT2D eigenvalue weighted by Gasteiger charge is -2.24. The molecule has 0 unspecified atom stereocenters. The summed E-state index contributed by atoms with van der Waals surface area (Å²) in [5.41, 5.74) is 6.23. The lowest BCUT2D eigenvalue weighted by Crippen LogP contribution is -2.55. The van der Waals surface area contributed by atoms with Gasteiger partial charge in [-0.05, 0) is 81.9 Å². The summed E-state index contributed by atoms with van der Waals surface area (Å²) in [4.78, 5) is 101. The molecule has 3 aliphatic heterocycles. The third-order valence-electron chi connectivity index (χ3n) is 11.0. The molecule has 10 N–H and O–H groups in total. The number of esters is 1. The van der Waals surface area contributed by atoms with Crippen LogP contribution in [0.4, 0.5) is 4.79 Å². The average Bonchev–Trinajstić information content (AvgIpc) is 3.84. The van der Waals surface area contributed by atoms with Crippen molar-refractivity contribution < 1.29 is 52.9 Å². The molecule has 8 atom stereocenters. The first-order valence-corrected chi connectivity index (χ1v) is 23.2. The van der Waals surface area contributed by atoms with Crippen LogP contribution in [0.3, 0.4) is 0 Å². The normalized spacial score (nSPS) is 21.1. The number of phenolic OH excluding ortho intramolecular Hbond substituents is 1. The first-order chi connectivity index (χ1) is 30.1. The highest BCUT2D eigenvalue weighted by atomic mass is 32.2. The number of benzene rings is 1. The van der Waals surface area contributed by atoms with Crippen LogP contribution in [0.15, 0.2) is 24.3 Å². The number of thioether (sulfide) groups is 1. The quantitative estimate of drug-likeness (QED) is 0.0235. The van der Waals surface area contributed by atoms with Gasteiger partial charge in [-0.2, -0.15) is 11.8 Å². The predicted molar refractivity (Wildman–Crippen MR) is 234 cm³/mol. The number of nitrogens with two attached hydrogens (primary N) is 1. The van der Waals surface area contributed by atoms with E-state index in [4.69, 9.17) is 15.2 Å². The highest BCUT2D eigenvalue weighted by molar-refractivity contribution is 8.00. The zero-order valence-corrected chi connectivity index (χ0v) is 37.4. The van der Waals surface area contributed by atoms with Gasteiger partial charge in [-0.3, -0.25) is 28.8 Å². The van der Waals surface area contributed by atoms with Gasteiger partial charge in [0.25, 0.3) is 5.91 Å². The molecule has 63 heavy (non-hydrogen) atoms. The maximum atomic E-state index is 13.6. The number of unbranched alkanes of at least 4 members (excludes halogenated alkanes) is 4. The van der Waals surface area contributed by atoms with Gasteiger partial charge in [-0.25, -0.2) is 9.59 Å². The molecule has 1 aromatic rings. The van der Waals surface area contributed by atoms with E-state index in [1.165, 1.54) is 12.1 Å². The van der Waals surface area contributed by atoms with Gasteiger partial charge in [-0.1, -0.05) is 38.8 Å². The summed E-state index contributed by atoms with van der Waals surface area (Å²) in [5.74, 6) is -2.41. The number of aromatic hydroxyl groups is 1. The Hall–Kier alpha value is -5.11. The Labute approximate surface area is 373 Å². The van der Waals surface area contributed by atoms with Crippen molar-refractivity contribution in [2.75, 3.05) is 25.4 Å². The van der Waals surface area contributed by atoms with Crippen molar-refractivity contribution >= 4 is 59.2 Å². The van der Waals surface area contributed by atoms with Gasteiger partial charge < -0.3 is 57.5 Å². The van der Waals surface area contributed by atoms with E-state index in [0.717, 1.165) is 25.0 Å². The fourth-order valence-corrected chi connectivity index (χ4v) is 9.10. The molecule has 0 saturated carbocycles. The minimum Gasteiger partial charge on any atom is -0.508 e. The summed E-state index contributed by atoms with van der Waals surface area (Å²) in [7, 11) is 0. The summed E-state index contributed by atoms with van der Waals surface area (Å²) in [6, 6.07) is 3.57. The van der Waals surface area contributed by atoms with Gasteiger partial charge in [-0.15, -0.1) is 0 Å². The van der Waals surface area contributed by atoms with Crippen molar-refractivity contribution in [2.45, 2.75) is 152 Å². The standard InChI is InChI=1S/C43H66N8O11S/c1-4-61-42(59)37-36(62-37)41(58)49-29(22-25(2)3)40(57)48-30(23-26-16-18-27(52)19-17-26)39(56)46-21-10-5-6-15-34(54)47-28(38(44)55)12-9-11-20-45-33(53)14-8-7-13-32-35-31(24-63-32)50-43(60)51-35/h16-19,25,28-32,35-37,52H,4-15,20-24H2,1-3H3,(H2,44,55)(H,45,53)(H,46,56)(H,47,54)(H,48,57)(H,49,58)(H2,50,51,60)/t28-,29-,30-,31-,32-,35-,36-,37+/m0/s1. The SMILES string of the molecule is CCOC(=O)[C@@H]1O[C@@H]1C(=O)N[C@@H](CC(C)C)C(=O)N[C@@H](Cc1ccc(O)cc1)C(=O)NCCCCCC(=O)N[C@@H](CCCCNC(=O)CCCC[C@@H]1SC[C@@H]2NC(=O)N[C@@H]21)C(N)=O. The van der Waals surface area contributed by atoms with E-state index in [1.807, 2.05) is 25.6 Å². The second-order valence-corrected chi connectivity index (χ2v) is 18.0. The van der Waals surface area contributed by atoms with Crippen molar-refractivity contribution in [1.82, 2.24) is 37.2 Å². The molecule has 3 fully saturated rings. The molecule has 0 aliphatic carbocycles. The molecular weight excluding hydrogens is 837 g/mol. The number of carbonyl (C=O) groups excluding carboxylic acids is 8. The third-order valence-corrected chi connectivity index (χ3v) is 12.5. The van der Waals surface area contributed by atoms with Crippen LogP contribution in [0.25, 0.3) is 0 Å². The number of hydrogen-bond donors (Lipinski definition) is 9. The van der Waals surface area contributed by atoms with Gasteiger partial charge >= 0.3 is 12.0 Å². The molecule has 19 nitrogen and oxygen atoms in total. The Morgan fingerprint density at radius 1 is 0.825 bits per heavy atom. The Kier molecular flexibility index (Phi) is 20.7. The van der Waals surface area contributed by atoms with Gasteiger partial charge in [0.05, 0.1) is 18.7 Å². The van der Waals surface area contributed by atoms with Crippen LogP contribution in [0.5, 0.6) is 5.75 Å². The number of primary amides is 1. The predicted octanol–water partition coefficient (Wildman–Crippen LogP) is 0.940. The number of nitrogens with one attached hydrogen (secondary N) is 7. The number of fused-ring (bicyclic) bond motifs is 1. The molecule has 0 aromatic heterocycles. The van der Waals surface area contributed by atoms with Crippen LogP contribution in [0.2, 0.25) is 0 Å². The van der Waals surface area contributed by atoms with Crippen LogP contribution in [0.1, 0.15) is 103 Å². The fourth-order valence-electron chi connectivity index (χ4n) is 7.56. The van der Waals surface area contributed by atoms with E-state index in [1.54, 1.807) is 19.1 Å². The largest absolute Gasteiger partial charge is 0.508 e. The molecule has 8 amide bonds. The Morgan fingerprint density at radius 3 is 2.24 bits per heavy atom. The highest BCUT2D eigenvalue weighted by Crippen LogP contribution is 2.33. The highest BCUT2D eigenvalue weighted by Gasteiger charge is 2.52. The van der Waals surface area contributed by atoms with Crippen LogP contribution < -0.4 is 43.0 Å². The van der Waals surface area contributed by atoms with Crippen LogP contribution in [0, 0.1) is 5.92 Å². The molecule has 4 rings (SSSR count). The van der Waals surface area contributed by atoms with Crippen molar-refractivity contribution in [2.24, 2.45) is 11.7 Å². The van der Waals surface area contributed by atoms with E-state index < -0.39 is 59.9 Å². The van der Waals surface area contributed by atoms with E-state index >= 15 is 0 Å². The van der Waals surface area contributed by atoms with Crippen molar-refractivity contribution in [3.8, 4) is 5.75 Å². The van der Waals surface area contributed by atoms with Crippen LogP contribution in [-0.2, 0) is 49.5 Å². The van der Waals surface area contributed by atoms with E-state index in [9.17, 15) is 43.5 Å². The number of ether oxygens (including phenoxy) is 2. The average molecular weight is 903 g/mol. The molecule has 350 valence electrons. The molecule has 0 bridgehead atoms. The molecule has 1 aromatic carbocycles. The maximum absolute atomic E-state index is 13.6. The molecular formula is C43H66N8O11S. The molecule has 3 saturated heterocycles. The molecule has 3 heterocycles. The van der Waals surface area contributed by atoms with Gasteiger partial charge in [0.1, 0.15) is 23.9 Å². The van der Waals surface area contributed by atoms with E-state index in [0.29, 0.717) is 62.3 Å². The lowest BCUT2D eigenvalue weighted by molar-refractivity contribution is -0.144.